The summed E-state index contributed by atoms with van der Waals surface area (Å²) >= 11 is 9.52. The van der Waals surface area contributed by atoms with E-state index in [1.54, 1.807) is 0 Å². The molecule has 1 aromatic heterocycles. The molecule has 0 saturated carbocycles. The Labute approximate surface area is 103 Å². The van der Waals surface area contributed by atoms with E-state index in [4.69, 9.17) is 16.0 Å². The van der Waals surface area contributed by atoms with Crippen molar-refractivity contribution in [1.29, 1.82) is 0 Å². The fraction of sp³-hybridized carbons (Fsp3) is 0.333. The monoisotopic (exact) mass is 286 g/mol. The van der Waals surface area contributed by atoms with Crippen LogP contribution in [0, 0.1) is 0 Å². The molecule has 1 aromatic carbocycles. The molecule has 0 atom stereocenters. The number of hydrogen-bond donors (Lipinski definition) is 0. The first-order valence-corrected chi connectivity index (χ1v) is 5.94. The van der Waals surface area contributed by atoms with Gasteiger partial charge in [-0.15, -0.1) is 0 Å². The van der Waals surface area contributed by atoms with Gasteiger partial charge in [-0.05, 0) is 18.2 Å². The second-order valence-electron chi connectivity index (χ2n) is 4.67. The minimum Gasteiger partial charge on any atom is -0.459 e. The van der Waals surface area contributed by atoms with Crippen molar-refractivity contribution in [2.45, 2.75) is 26.2 Å². The summed E-state index contributed by atoms with van der Waals surface area (Å²) in [6.07, 6.45) is 0. The fourth-order valence-electron chi connectivity index (χ4n) is 1.45. The van der Waals surface area contributed by atoms with E-state index in [1.165, 1.54) is 0 Å². The van der Waals surface area contributed by atoms with Crippen LogP contribution < -0.4 is 0 Å². The van der Waals surface area contributed by atoms with Crippen LogP contribution in [-0.2, 0) is 5.41 Å². The lowest BCUT2D eigenvalue weighted by Gasteiger charge is -2.13. The Morgan fingerprint density at radius 1 is 1.20 bits per heavy atom. The molecular weight excluding hydrogens is 275 g/mol. The summed E-state index contributed by atoms with van der Waals surface area (Å²) in [7, 11) is 0. The summed E-state index contributed by atoms with van der Waals surface area (Å²) in [5.41, 5.74) is 0.777. The van der Waals surface area contributed by atoms with Crippen LogP contribution in [0.1, 0.15) is 26.5 Å². The molecule has 0 bridgehead atoms. The molecule has 0 N–H and O–H groups in total. The van der Waals surface area contributed by atoms with Crippen molar-refractivity contribution in [3.63, 3.8) is 0 Å². The van der Waals surface area contributed by atoms with Crippen molar-refractivity contribution < 1.29 is 4.42 Å². The van der Waals surface area contributed by atoms with E-state index < -0.39 is 0 Å². The van der Waals surface area contributed by atoms with Gasteiger partial charge in [-0.1, -0.05) is 48.3 Å². The molecule has 1 heterocycles. The van der Waals surface area contributed by atoms with Crippen LogP contribution in [0.3, 0.4) is 0 Å². The van der Waals surface area contributed by atoms with E-state index >= 15 is 0 Å². The molecule has 0 aliphatic heterocycles. The quantitative estimate of drug-likeness (QED) is 0.653. The van der Waals surface area contributed by atoms with Gasteiger partial charge in [0.1, 0.15) is 5.76 Å². The Kier molecular flexibility index (Phi) is 2.60. The van der Waals surface area contributed by atoms with Gasteiger partial charge >= 0.3 is 0 Å². The van der Waals surface area contributed by atoms with Crippen molar-refractivity contribution >= 4 is 38.5 Å². The average Bonchev–Trinajstić information content (AvgIpc) is 2.46. The van der Waals surface area contributed by atoms with Crippen LogP contribution in [0.2, 0.25) is 5.02 Å². The molecule has 3 heteroatoms. The third-order valence-corrected chi connectivity index (χ3v) is 3.01. The van der Waals surface area contributed by atoms with Gasteiger partial charge in [-0.3, -0.25) is 0 Å². The molecule has 0 fully saturated rings. The number of halogens is 2. The normalized spacial score (nSPS) is 12.3. The van der Waals surface area contributed by atoms with E-state index in [-0.39, 0.29) is 5.41 Å². The van der Waals surface area contributed by atoms with E-state index in [2.05, 4.69) is 36.7 Å². The molecule has 0 aliphatic carbocycles. The molecule has 0 amide bonds. The fourth-order valence-corrected chi connectivity index (χ4v) is 2.32. The van der Waals surface area contributed by atoms with Crippen molar-refractivity contribution in [3.8, 4) is 0 Å². The van der Waals surface area contributed by atoms with Crippen LogP contribution >= 0.6 is 27.5 Å². The van der Waals surface area contributed by atoms with Crippen LogP contribution in [0.25, 0.3) is 11.0 Å². The predicted molar refractivity (Wildman–Crippen MR) is 67.6 cm³/mol. The zero-order chi connectivity index (χ0) is 11.2. The van der Waals surface area contributed by atoms with Crippen molar-refractivity contribution in [1.82, 2.24) is 0 Å². The molecule has 0 radical (unpaired) electrons. The van der Waals surface area contributed by atoms with E-state index in [1.807, 2.05) is 18.2 Å². The molecule has 0 saturated heterocycles. The molecular formula is C12H12BrClO. The molecule has 2 rings (SSSR count). The highest BCUT2D eigenvalue weighted by atomic mass is 79.9. The Hall–Kier alpha value is -0.470. The van der Waals surface area contributed by atoms with Crippen molar-refractivity contribution in [2.75, 3.05) is 0 Å². The highest BCUT2D eigenvalue weighted by molar-refractivity contribution is 9.10. The Morgan fingerprint density at radius 3 is 2.47 bits per heavy atom. The van der Waals surface area contributed by atoms with Crippen LogP contribution in [0.5, 0.6) is 0 Å². The first kappa shape index (κ1) is 11.0. The second kappa shape index (κ2) is 3.53. The van der Waals surface area contributed by atoms with Gasteiger partial charge in [0.05, 0.1) is 5.02 Å². The molecule has 0 unspecified atom stereocenters. The molecule has 2 aromatic rings. The number of fused-ring (bicyclic) bond motifs is 1. The third kappa shape index (κ3) is 2.06. The summed E-state index contributed by atoms with van der Waals surface area (Å²) < 4.78 is 6.74. The number of furan rings is 1. The molecule has 80 valence electrons. The minimum absolute atomic E-state index is 0.00876. The van der Waals surface area contributed by atoms with Gasteiger partial charge in [-0.2, -0.15) is 0 Å². The Bertz CT molecular complexity index is 508. The Morgan fingerprint density at radius 2 is 1.87 bits per heavy atom. The van der Waals surface area contributed by atoms with Crippen molar-refractivity contribution in [3.05, 3.63) is 33.5 Å². The number of rotatable bonds is 0. The van der Waals surface area contributed by atoms with Crippen LogP contribution in [-0.4, -0.2) is 0 Å². The van der Waals surface area contributed by atoms with E-state index in [0.717, 1.165) is 21.2 Å². The summed E-state index contributed by atoms with van der Waals surface area (Å²) in [5.74, 6) is 0.956. The standard InChI is InChI=1S/C12H12BrClO/c1-12(2,3)10-5-7-4-8(13)6-9(14)11(7)15-10/h4-6H,1-3H3. The highest BCUT2D eigenvalue weighted by Crippen LogP contribution is 2.34. The summed E-state index contributed by atoms with van der Waals surface area (Å²) in [6.45, 7) is 6.36. The zero-order valence-corrected chi connectivity index (χ0v) is 11.2. The lowest BCUT2D eigenvalue weighted by molar-refractivity contribution is 0.430. The van der Waals surface area contributed by atoms with Gasteiger partial charge in [0.15, 0.2) is 5.58 Å². The Balaban J connectivity index is 2.71. The van der Waals surface area contributed by atoms with Gasteiger partial charge in [0.2, 0.25) is 0 Å². The third-order valence-electron chi connectivity index (χ3n) is 2.27. The average molecular weight is 288 g/mol. The minimum atomic E-state index is 0.00876. The van der Waals surface area contributed by atoms with Gasteiger partial charge in [0, 0.05) is 15.3 Å². The van der Waals surface area contributed by atoms with Gasteiger partial charge in [-0.25, -0.2) is 0 Å². The molecule has 15 heavy (non-hydrogen) atoms. The molecule has 0 spiro atoms. The second-order valence-corrected chi connectivity index (χ2v) is 5.99. The first-order chi connectivity index (χ1) is 6.88. The van der Waals surface area contributed by atoms with E-state index in [9.17, 15) is 0 Å². The topological polar surface area (TPSA) is 13.1 Å². The smallest absolute Gasteiger partial charge is 0.152 e. The predicted octanol–water partition coefficient (Wildman–Crippen LogP) is 5.15. The molecule has 0 aliphatic rings. The highest BCUT2D eigenvalue weighted by Gasteiger charge is 2.19. The van der Waals surface area contributed by atoms with E-state index in [0.29, 0.717) is 5.02 Å². The summed E-state index contributed by atoms with van der Waals surface area (Å²) in [6, 6.07) is 5.91. The maximum Gasteiger partial charge on any atom is 0.152 e. The summed E-state index contributed by atoms with van der Waals surface area (Å²) in [4.78, 5) is 0. The lowest BCUT2D eigenvalue weighted by atomic mass is 9.93. The largest absolute Gasteiger partial charge is 0.459 e. The van der Waals surface area contributed by atoms with Crippen LogP contribution in [0.4, 0.5) is 0 Å². The van der Waals surface area contributed by atoms with Gasteiger partial charge < -0.3 is 4.42 Å². The van der Waals surface area contributed by atoms with Crippen LogP contribution in [0.15, 0.2) is 27.1 Å². The first-order valence-electron chi connectivity index (χ1n) is 4.77. The summed E-state index contributed by atoms with van der Waals surface area (Å²) in [5, 5.41) is 1.69. The van der Waals surface area contributed by atoms with Crippen molar-refractivity contribution in [2.24, 2.45) is 0 Å². The molecule has 1 nitrogen and oxygen atoms in total. The maximum atomic E-state index is 6.10. The lowest BCUT2D eigenvalue weighted by Crippen LogP contribution is -2.08. The van der Waals surface area contributed by atoms with Gasteiger partial charge in [0.25, 0.3) is 0 Å². The number of hydrogen-bond acceptors (Lipinski definition) is 1. The zero-order valence-electron chi connectivity index (χ0n) is 8.90. The maximum absolute atomic E-state index is 6.10. The SMILES string of the molecule is CC(C)(C)c1cc2cc(Br)cc(Cl)c2o1. The number of benzene rings is 1.